The van der Waals surface area contributed by atoms with Crippen LogP contribution in [0, 0.1) is 6.92 Å². The van der Waals surface area contributed by atoms with Crippen molar-refractivity contribution in [3.05, 3.63) is 77.4 Å². The Morgan fingerprint density at radius 2 is 1.71 bits per heavy atom. The second kappa shape index (κ2) is 6.05. The Balaban J connectivity index is 2.26. The molecule has 0 saturated heterocycles. The van der Waals surface area contributed by atoms with Crippen LogP contribution >= 0.6 is 0 Å². The van der Waals surface area contributed by atoms with Gasteiger partial charge in [-0.05, 0) is 50.2 Å². The summed E-state index contributed by atoms with van der Waals surface area (Å²) in [4.78, 5) is 11.9. The van der Waals surface area contributed by atoms with Crippen molar-refractivity contribution in [2.24, 2.45) is 4.40 Å². The number of aryl methyl sites for hydroxylation is 1. The number of rotatable bonds is 3. The molecule has 0 spiro atoms. The molecule has 6 heteroatoms. The summed E-state index contributed by atoms with van der Waals surface area (Å²) >= 11 is 0. The Bertz CT molecular complexity index is 1100. The normalized spacial score (nSPS) is 12.5. The van der Waals surface area contributed by atoms with Crippen molar-refractivity contribution >= 4 is 21.3 Å². The molecule has 0 aliphatic heterocycles. The number of Topliss-reactive ketones (excluding diaryl/α,β-unsaturated/α-hetero) is 1. The molecule has 24 heavy (non-hydrogen) atoms. The summed E-state index contributed by atoms with van der Waals surface area (Å²) in [6.07, 6.45) is 1.69. The van der Waals surface area contributed by atoms with E-state index in [0.29, 0.717) is 11.1 Å². The molecule has 0 aliphatic rings. The quantitative estimate of drug-likeness (QED) is 0.689. The van der Waals surface area contributed by atoms with Gasteiger partial charge in [0.1, 0.15) is 0 Å². The third-order valence-electron chi connectivity index (χ3n) is 3.69. The average Bonchev–Trinajstić information content (AvgIpc) is 2.55. The number of carbonyl (C=O) groups is 1. The molecule has 122 valence electrons. The van der Waals surface area contributed by atoms with Gasteiger partial charge in [0.2, 0.25) is 0 Å². The first-order valence-corrected chi connectivity index (χ1v) is 8.81. The number of hydrogen-bond acceptors (Lipinski definition) is 3. The predicted molar refractivity (Wildman–Crippen MR) is 91.3 cm³/mol. The molecule has 1 aromatic carbocycles. The van der Waals surface area contributed by atoms with Crippen LogP contribution < -0.4 is 5.49 Å². The van der Waals surface area contributed by atoms with Gasteiger partial charge in [-0.2, -0.15) is 8.42 Å². The van der Waals surface area contributed by atoms with Gasteiger partial charge in [0.15, 0.2) is 11.3 Å². The lowest BCUT2D eigenvalue weighted by atomic mass is 10.1. The monoisotopic (exact) mass is 340 g/mol. The second-order valence-electron chi connectivity index (χ2n) is 5.50. The fourth-order valence-corrected chi connectivity index (χ4v) is 3.42. The van der Waals surface area contributed by atoms with E-state index in [0.717, 1.165) is 5.56 Å². The highest BCUT2D eigenvalue weighted by molar-refractivity contribution is 7.90. The van der Waals surface area contributed by atoms with Crippen LogP contribution in [-0.2, 0) is 10.0 Å². The molecule has 0 unspecified atom stereocenters. The molecule has 0 fully saturated rings. The van der Waals surface area contributed by atoms with Crippen molar-refractivity contribution in [2.75, 3.05) is 0 Å². The number of benzene rings is 1. The lowest BCUT2D eigenvalue weighted by molar-refractivity contribution is 0.101. The first-order valence-electron chi connectivity index (χ1n) is 7.37. The average molecular weight is 340 g/mol. The number of sulfonamides is 1. The molecular weight excluding hydrogens is 324 g/mol. The number of aromatic nitrogens is 1. The van der Waals surface area contributed by atoms with Crippen molar-refractivity contribution in [2.45, 2.75) is 18.7 Å². The van der Waals surface area contributed by atoms with Gasteiger partial charge < -0.3 is 4.40 Å². The van der Waals surface area contributed by atoms with E-state index in [1.54, 1.807) is 47.0 Å². The molecule has 3 rings (SSSR count). The van der Waals surface area contributed by atoms with Crippen molar-refractivity contribution in [1.82, 2.24) is 4.40 Å². The van der Waals surface area contributed by atoms with Crippen LogP contribution in [-0.4, -0.2) is 18.6 Å². The molecule has 0 radical (unpaired) electrons. The number of ketones is 1. The van der Waals surface area contributed by atoms with Gasteiger partial charge in [0.05, 0.1) is 10.4 Å². The molecule has 0 saturated carbocycles. The van der Waals surface area contributed by atoms with Crippen LogP contribution in [0.2, 0.25) is 0 Å². The van der Waals surface area contributed by atoms with E-state index in [2.05, 4.69) is 4.40 Å². The lowest BCUT2D eigenvalue weighted by Gasteiger charge is -2.06. The maximum Gasteiger partial charge on any atom is 0.284 e. The van der Waals surface area contributed by atoms with Gasteiger partial charge in [0, 0.05) is 11.8 Å². The summed E-state index contributed by atoms with van der Waals surface area (Å²) < 4.78 is 30.6. The van der Waals surface area contributed by atoms with E-state index in [4.69, 9.17) is 0 Å². The number of carbonyl (C=O) groups excluding carboxylic acids is 1. The predicted octanol–water partition coefficient (Wildman–Crippen LogP) is 2.74. The van der Waals surface area contributed by atoms with E-state index in [1.807, 2.05) is 6.92 Å². The van der Waals surface area contributed by atoms with Crippen molar-refractivity contribution in [3.63, 3.8) is 0 Å². The zero-order valence-corrected chi connectivity index (χ0v) is 14.1. The summed E-state index contributed by atoms with van der Waals surface area (Å²) in [6, 6.07) is 15.0. The van der Waals surface area contributed by atoms with Gasteiger partial charge in [-0.25, -0.2) is 0 Å². The minimum Gasteiger partial charge on any atom is -0.300 e. The highest BCUT2D eigenvalue weighted by atomic mass is 32.2. The van der Waals surface area contributed by atoms with Crippen molar-refractivity contribution < 1.29 is 13.2 Å². The lowest BCUT2D eigenvalue weighted by Crippen LogP contribution is -2.18. The molecule has 5 nitrogen and oxygen atoms in total. The minimum absolute atomic E-state index is 0.0911. The molecule has 2 heterocycles. The number of pyridine rings is 2. The van der Waals surface area contributed by atoms with Crippen LogP contribution in [0.4, 0.5) is 0 Å². The van der Waals surface area contributed by atoms with Gasteiger partial charge >= 0.3 is 0 Å². The third kappa shape index (κ3) is 3.00. The van der Waals surface area contributed by atoms with E-state index in [9.17, 15) is 13.2 Å². The fraction of sp³-hybridized carbons (Fsp3) is 0.111. The summed E-state index contributed by atoms with van der Waals surface area (Å²) in [6.45, 7) is 3.36. The Morgan fingerprint density at radius 3 is 2.38 bits per heavy atom. The fourth-order valence-electron chi connectivity index (χ4n) is 2.44. The second-order valence-corrected chi connectivity index (χ2v) is 7.10. The molecule has 2 aromatic heterocycles. The molecule has 0 amide bonds. The molecule has 3 aromatic rings. The van der Waals surface area contributed by atoms with Crippen molar-refractivity contribution in [3.8, 4) is 0 Å². The van der Waals surface area contributed by atoms with Crippen LogP contribution in [0.3, 0.4) is 0 Å². The van der Waals surface area contributed by atoms with E-state index in [-0.39, 0.29) is 16.2 Å². The smallest absolute Gasteiger partial charge is 0.284 e. The molecular formula is C18H16N2O3S. The van der Waals surface area contributed by atoms with Crippen LogP contribution in [0.1, 0.15) is 22.8 Å². The van der Waals surface area contributed by atoms with E-state index < -0.39 is 10.0 Å². The maximum atomic E-state index is 12.5. The highest BCUT2D eigenvalue weighted by Crippen LogP contribution is 2.13. The van der Waals surface area contributed by atoms with Crippen LogP contribution in [0.15, 0.2) is 70.1 Å². The van der Waals surface area contributed by atoms with E-state index in [1.165, 1.54) is 25.1 Å². The summed E-state index contributed by atoms with van der Waals surface area (Å²) in [5.41, 5.74) is 2.35. The summed E-state index contributed by atoms with van der Waals surface area (Å²) in [7, 11) is -3.84. The largest absolute Gasteiger partial charge is 0.300 e. The number of fused-ring (bicyclic) bond motifs is 1. The van der Waals surface area contributed by atoms with Crippen molar-refractivity contribution in [1.29, 1.82) is 0 Å². The molecule has 0 bridgehead atoms. The Morgan fingerprint density at radius 1 is 1.00 bits per heavy atom. The van der Waals surface area contributed by atoms with E-state index >= 15 is 0 Å². The maximum absolute atomic E-state index is 12.5. The molecule has 0 N–H and O–H groups in total. The summed E-state index contributed by atoms with van der Waals surface area (Å²) in [5.74, 6) is -0.0911. The molecule has 0 atom stereocenters. The van der Waals surface area contributed by atoms with Crippen LogP contribution in [0.5, 0.6) is 0 Å². The first-order chi connectivity index (χ1) is 11.4. The minimum atomic E-state index is -3.84. The first kappa shape index (κ1) is 16.1. The third-order valence-corrected chi connectivity index (χ3v) is 4.99. The van der Waals surface area contributed by atoms with Gasteiger partial charge in [0.25, 0.3) is 10.0 Å². The highest BCUT2D eigenvalue weighted by Gasteiger charge is 2.13. The number of nitrogens with zero attached hydrogens (tertiary/aromatic N) is 2. The van der Waals surface area contributed by atoms with Gasteiger partial charge in [-0.15, -0.1) is 4.40 Å². The molecule has 0 aliphatic carbocycles. The van der Waals surface area contributed by atoms with Gasteiger partial charge in [-0.3, -0.25) is 4.79 Å². The summed E-state index contributed by atoms with van der Waals surface area (Å²) in [5, 5.41) is 0. The zero-order valence-electron chi connectivity index (χ0n) is 13.3. The Labute approximate surface area is 140 Å². The standard InChI is InChI=1S/C18H16N2O3S/c1-13-6-8-15(9-7-13)24(22,23)19-18-11-10-16(14(2)21)17-5-3-4-12-20(17)18/h3-12H,1-2H3/b19-18-. The zero-order chi connectivity index (χ0) is 17.3. The Kier molecular flexibility index (Phi) is 4.07. The topological polar surface area (TPSA) is 68.0 Å². The Hall–Kier alpha value is -2.73. The number of hydrogen-bond donors (Lipinski definition) is 0. The SMILES string of the molecule is CC(=O)c1cc/c(=N/S(=O)(=O)c2ccc(C)cc2)n2ccccc12. The van der Waals surface area contributed by atoms with Crippen LogP contribution in [0.25, 0.3) is 5.52 Å². The van der Waals surface area contributed by atoms with Gasteiger partial charge in [-0.1, -0.05) is 23.8 Å².